The van der Waals surface area contributed by atoms with E-state index >= 15 is 0 Å². The van der Waals surface area contributed by atoms with Crippen LogP contribution >= 0.6 is 0 Å². The van der Waals surface area contributed by atoms with Gasteiger partial charge < -0.3 is 14.6 Å². The number of benzene rings is 1. The Bertz CT molecular complexity index is 592. The van der Waals surface area contributed by atoms with E-state index in [-0.39, 0.29) is 37.0 Å². The van der Waals surface area contributed by atoms with Crippen LogP contribution in [0.4, 0.5) is 0 Å². The van der Waals surface area contributed by atoms with E-state index in [0.29, 0.717) is 12.8 Å². The molecule has 6 atom stereocenters. The fourth-order valence-electron chi connectivity index (χ4n) is 3.89. The standard InChI is InChI=1S/C16H18N2O5/c19-8-11(9-4-2-1-3-5-9)16(20)22-10-6-12-14-15(23-14)13(7-10)18(12)17-21/h1-5,10-15,19H,6-8H2/t10?,11-,12-,13+,14-,15+/m1/s1. The van der Waals surface area contributed by atoms with Gasteiger partial charge in [0.15, 0.2) is 0 Å². The summed E-state index contributed by atoms with van der Waals surface area (Å²) in [6, 6.07) is 8.91. The number of aliphatic hydroxyl groups excluding tert-OH is 1. The van der Waals surface area contributed by atoms with Gasteiger partial charge in [0.1, 0.15) is 24.2 Å². The molecule has 3 fully saturated rings. The number of fused-ring (bicyclic) bond motifs is 5. The van der Waals surface area contributed by atoms with E-state index in [0.717, 1.165) is 5.56 Å². The van der Waals surface area contributed by atoms with Gasteiger partial charge >= 0.3 is 5.97 Å². The van der Waals surface area contributed by atoms with Crippen molar-refractivity contribution in [1.82, 2.24) is 5.01 Å². The first-order valence-corrected chi connectivity index (χ1v) is 7.86. The summed E-state index contributed by atoms with van der Waals surface area (Å²) in [6.07, 6.45) is 0.919. The molecule has 1 aromatic rings. The molecule has 1 unspecified atom stereocenters. The highest BCUT2D eigenvalue weighted by Crippen LogP contribution is 2.49. The first-order valence-electron chi connectivity index (χ1n) is 7.86. The van der Waals surface area contributed by atoms with Crippen molar-refractivity contribution in [2.24, 2.45) is 5.29 Å². The summed E-state index contributed by atoms with van der Waals surface area (Å²) in [5.74, 6) is -1.10. The van der Waals surface area contributed by atoms with Crippen molar-refractivity contribution in [2.75, 3.05) is 6.61 Å². The highest BCUT2D eigenvalue weighted by molar-refractivity contribution is 5.78. The molecule has 7 nitrogen and oxygen atoms in total. The summed E-state index contributed by atoms with van der Waals surface area (Å²) in [4.78, 5) is 23.3. The van der Waals surface area contributed by atoms with E-state index < -0.39 is 11.9 Å². The van der Waals surface area contributed by atoms with Gasteiger partial charge in [0.25, 0.3) is 0 Å². The van der Waals surface area contributed by atoms with Gasteiger partial charge in [-0.3, -0.25) is 4.79 Å². The van der Waals surface area contributed by atoms with E-state index in [1.54, 1.807) is 17.1 Å². The van der Waals surface area contributed by atoms with Gasteiger partial charge in [-0.15, -0.1) is 4.91 Å². The summed E-state index contributed by atoms with van der Waals surface area (Å²) in [5, 5.41) is 14.2. The number of piperidine rings is 1. The molecule has 0 spiro atoms. The maximum Gasteiger partial charge on any atom is 0.316 e. The van der Waals surface area contributed by atoms with Gasteiger partial charge in [0.05, 0.1) is 24.0 Å². The van der Waals surface area contributed by atoms with Gasteiger partial charge in [-0.2, -0.15) is 0 Å². The highest BCUT2D eigenvalue weighted by Gasteiger charge is 2.65. The molecule has 1 aromatic carbocycles. The number of epoxide rings is 1. The lowest BCUT2D eigenvalue weighted by molar-refractivity contribution is -0.157. The van der Waals surface area contributed by atoms with Crippen molar-refractivity contribution in [3.05, 3.63) is 40.8 Å². The minimum atomic E-state index is -0.679. The summed E-state index contributed by atoms with van der Waals surface area (Å²) >= 11 is 0. The van der Waals surface area contributed by atoms with Crippen LogP contribution in [0.15, 0.2) is 35.6 Å². The van der Waals surface area contributed by atoms with Crippen LogP contribution in [0.2, 0.25) is 0 Å². The molecule has 3 heterocycles. The van der Waals surface area contributed by atoms with Gasteiger partial charge in [-0.1, -0.05) is 30.3 Å². The number of ether oxygens (including phenoxy) is 2. The topological polar surface area (TPSA) is 91.7 Å². The van der Waals surface area contributed by atoms with Crippen LogP contribution in [-0.4, -0.2) is 53.1 Å². The molecule has 7 heteroatoms. The zero-order valence-corrected chi connectivity index (χ0v) is 12.4. The number of carbonyl (C=O) groups excluding carboxylic acids is 1. The molecule has 23 heavy (non-hydrogen) atoms. The van der Waals surface area contributed by atoms with E-state index in [1.807, 2.05) is 18.2 Å². The van der Waals surface area contributed by atoms with Crippen LogP contribution < -0.4 is 0 Å². The number of rotatable bonds is 5. The van der Waals surface area contributed by atoms with Gasteiger partial charge in [-0.25, -0.2) is 5.01 Å². The minimum Gasteiger partial charge on any atom is -0.462 e. The highest BCUT2D eigenvalue weighted by atomic mass is 16.6. The predicted molar refractivity (Wildman–Crippen MR) is 79.3 cm³/mol. The third kappa shape index (κ3) is 2.40. The molecule has 0 aliphatic carbocycles. The Morgan fingerprint density at radius 3 is 2.52 bits per heavy atom. The molecule has 122 valence electrons. The van der Waals surface area contributed by atoms with E-state index in [4.69, 9.17) is 9.47 Å². The average Bonchev–Trinajstić information content (AvgIpc) is 3.32. The number of morpholine rings is 1. The molecule has 0 radical (unpaired) electrons. The Hall–Kier alpha value is -1.99. The molecule has 1 N–H and O–H groups in total. The smallest absolute Gasteiger partial charge is 0.316 e. The number of esters is 1. The monoisotopic (exact) mass is 318 g/mol. The molecule has 3 saturated heterocycles. The van der Waals surface area contributed by atoms with E-state index in [1.165, 1.54) is 0 Å². The number of nitrogens with zero attached hydrogens (tertiary/aromatic N) is 2. The predicted octanol–water partition coefficient (Wildman–Crippen LogP) is 0.970. The summed E-state index contributed by atoms with van der Waals surface area (Å²) < 4.78 is 11.1. The Kier molecular flexibility index (Phi) is 3.54. The Labute approximate surface area is 133 Å². The molecule has 0 aromatic heterocycles. The molecule has 3 aliphatic heterocycles. The lowest BCUT2D eigenvalue weighted by atomic mass is 9.98. The van der Waals surface area contributed by atoms with Crippen molar-refractivity contribution in [2.45, 2.75) is 49.2 Å². The second-order valence-corrected chi connectivity index (χ2v) is 6.34. The van der Waals surface area contributed by atoms with E-state index in [9.17, 15) is 14.8 Å². The fraction of sp³-hybridized carbons (Fsp3) is 0.562. The van der Waals surface area contributed by atoms with Crippen LogP contribution in [0.5, 0.6) is 0 Å². The number of nitroso groups, excluding NO2 is 1. The first-order chi connectivity index (χ1) is 11.2. The molecule has 0 saturated carbocycles. The van der Waals surface area contributed by atoms with Crippen molar-refractivity contribution in [3.63, 3.8) is 0 Å². The summed E-state index contributed by atoms with van der Waals surface area (Å²) in [5.41, 5.74) is 0.737. The van der Waals surface area contributed by atoms with Crippen molar-refractivity contribution >= 4 is 5.97 Å². The van der Waals surface area contributed by atoms with Crippen molar-refractivity contribution in [3.8, 4) is 0 Å². The van der Waals surface area contributed by atoms with Crippen LogP contribution in [0.3, 0.4) is 0 Å². The Morgan fingerprint density at radius 1 is 1.30 bits per heavy atom. The minimum absolute atomic E-state index is 0.0455. The van der Waals surface area contributed by atoms with Crippen LogP contribution in [0, 0.1) is 4.91 Å². The maximum absolute atomic E-state index is 12.4. The number of aliphatic hydroxyl groups is 1. The van der Waals surface area contributed by atoms with E-state index in [2.05, 4.69) is 5.29 Å². The Morgan fingerprint density at radius 2 is 1.96 bits per heavy atom. The fourth-order valence-corrected chi connectivity index (χ4v) is 3.89. The third-order valence-electron chi connectivity index (χ3n) is 5.05. The largest absolute Gasteiger partial charge is 0.462 e. The zero-order chi connectivity index (χ0) is 16.0. The normalized spacial score (nSPS) is 35.3. The Balaban J connectivity index is 1.43. The quantitative estimate of drug-likeness (QED) is 0.494. The second-order valence-electron chi connectivity index (χ2n) is 6.34. The molecular formula is C16H18N2O5. The molecule has 4 rings (SSSR count). The SMILES string of the molecule is O=NN1[C@@H]2CC(OC(=O)[C@H](CO)c3ccccc3)C[C@H]1[C@@H]1O[C@@H]12. The average molecular weight is 318 g/mol. The molecule has 3 aliphatic rings. The van der Waals surface area contributed by atoms with Gasteiger partial charge in [0, 0.05) is 12.8 Å². The number of hydrogen-bond donors (Lipinski definition) is 1. The molecule has 0 amide bonds. The van der Waals surface area contributed by atoms with Gasteiger partial charge in [-0.05, 0) is 5.56 Å². The van der Waals surface area contributed by atoms with Gasteiger partial charge in [0.2, 0.25) is 0 Å². The second kappa shape index (κ2) is 5.58. The lowest BCUT2D eigenvalue weighted by Gasteiger charge is -2.36. The van der Waals surface area contributed by atoms with Crippen LogP contribution in [0.25, 0.3) is 0 Å². The molecular weight excluding hydrogens is 300 g/mol. The summed E-state index contributed by atoms with van der Waals surface area (Å²) in [7, 11) is 0. The number of carbonyl (C=O) groups is 1. The zero-order valence-electron chi connectivity index (χ0n) is 12.4. The third-order valence-corrected chi connectivity index (χ3v) is 5.05. The first kappa shape index (κ1) is 14.6. The van der Waals surface area contributed by atoms with Crippen molar-refractivity contribution in [1.29, 1.82) is 0 Å². The van der Waals surface area contributed by atoms with Crippen molar-refractivity contribution < 1.29 is 19.4 Å². The summed E-state index contributed by atoms with van der Waals surface area (Å²) in [6.45, 7) is -0.293. The van der Waals surface area contributed by atoms with Crippen LogP contribution in [-0.2, 0) is 14.3 Å². The number of hydrogen-bond acceptors (Lipinski definition) is 6. The molecule has 2 bridgehead atoms. The lowest BCUT2D eigenvalue weighted by Crippen LogP contribution is -2.47. The van der Waals surface area contributed by atoms with Crippen LogP contribution in [0.1, 0.15) is 24.3 Å². The maximum atomic E-state index is 12.4.